The highest BCUT2D eigenvalue weighted by molar-refractivity contribution is 5.48. The van der Waals surface area contributed by atoms with E-state index >= 15 is 0 Å². The van der Waals surface area contributed by atoms with Gasteiger partial charge in [-0.1, -0.05) is 17.7 Å². The van der Waals surface area contributed by atoms with Crippen molar-refractivity contribution in [2.75, 3.05) is 18.0 Å². The second-order valence-electron chi connectivity index (χ2n) is 4.73. The third-order valence-corrected chi connectivity index (χ3v) is 3.51. The number of rotatable bonds is 2. The SMILES string of the molecule is Cc1ccc(N2CCC(n3ccnc3)C2)cc1. The zero-order chi connectivity index (χ0) is 11.7. The average Bonchev–Trinajstić information content (AvgIpc) is 3.00. The van der Waals surface area contributed by atoms with Gasteiger partial charge in [-0.3, -0.25) is 0 Å². The minimum absolute atomic E-state index is 0.568. The van der Waals surface area contributed by atoms with E-state index in [2.05, 4.69) is 51.8 Å². The minimum atomic E-state index is 0.568. The fourth-order valence-corrected chi connectivity index (χ4v) is 2.46. The predicted octanol–water partition coefficient (Wildman–Crippen LogP) is 2.64. The minimum Gasteiger partial charge on any atom is -0.369 e. The zero-order valence-corrected chi connectivity index (χ0v) is 10.1. The van der Waals surface area contributed by atoms with Crippen molar-refractivity contribution in [2.45, 2.75) is 19.4 Å². The Hall–Kier alpha value is -1.77. The number of benzene rings is 1. The number of aryl methyl sites for hydroxylation is 1. The van der Waals surface area contributed by atoms with E-state index in [1.165, 1.54) is 17.7 Å². The van der Waals surface area contributed by atoms with Crippen molar-refractivity contribution >= 4 is 5.69 Å². The first-order chi connectivity index (χ1) is 8.33. The van der Waals surface area contributed by atoms with Gasteiger partial charge < -0.3 is 9.47 Å². The molecule has 1 aliphatic heterocycles. The summed E-state index contributed by atoms with van der Waals surface area (Å²) in [5.41, 5.74) is 2.65. The second-order valence-corrected chi connectivity index (χ2v) is 4.73. The van der Waals surface area contributed by atoms with Gasteiger partial charge in [0.1, 0.15) is 0 Å². The maximum Gasteiger partial charge on any atom is 0.0949 e. The molecule has 2 aromatic rings. The molecule has 1 saturated heterocycles. The van der Waals surface area contributed by atoms with Crippen LogP contribution in [0, 0.1) is 6.92 Å². The van der Waals surface area contributed by atoms with Gasteiger partial charge in [-0.15, -0.1) is 0 Å². The topological polar surface area (TPSA) is 21.1 Å². The standard InChI is InChI=1S/C14H17N3/c1-12-2-4-13(5-3-12)16-8-6-14(10-16)17-9-7-15-11-17/h2-5,7,9,11,14H,6,8,10H2,1H3. The third kappa shape index (κ3) is 2.05. The first-order valence-electron chi connectivity index (χ1n) is 6.12. The Balaban J connectivity index is 1.74. The highest BCUT2D eigenvalue weighted by Crippen LogP contribution is 2.26. The van der Waals surface area contributed by atoms with Crippen molar-refractivity contribution in [3.8, 4) is 0 Å². The molecule has 88 valence electrons. The fourth-order valence-electron chi connectivity index (χ4n) is 2.46. The van der Waals surface area contributed by atoms with E-state index in [0.717, 1.165) is 13.1 Å². The molecule has 3 rings (SSSR count). The van der Waals surface area contributed by atoms with Crippen LogP contribution in [-0.2, 0) is 0 Å². The van der Waals surface area contributed by atoms with E-state index in [9.17, 15) is 0 Å². The van der Waals surface area contributed by atoms with Crippen LogP contribution in [0.15, 0.2) is 43.0 Å². The second kappa shape index (κ2) is 4.24. The molecule has 0 radical (unpaired) electrons. The van der Waals surface area contributed by atoms with Crippen molar-refractivity contribution < 1.29 is 0 Å². The lowest BCUT2D eigenvalue weighted by molar-refractivity contribution is 0.551. The zero-order valence-electron chi connectivity index (χ0n) is 10.1. The summed E-state index contributed by atoms with van der Waals surface area (Å²) in [6, 6.07) is 9.36. The van der Waals surface area contributed by atoms with E-state index in [1.54, 1.807) is 0 Å². The van der Waals surface area contributed by atoms with Crippen LogP contribution < -0.4 is 4.90 Å². The maximum absolute atomic E-state index is 4.12. The molecule has 3 heteroatoms. The molecule has 0 bridgehead atoms. The van der Waals surface area contributed by atoms with Gasteiger partial charge in [0.25, 0.3) is 0 Å². The molecule has 1 aromatic heterocycles. The maximum atomic E-state index is 4.12. The van der Waals surface area contributed by atoms with E-state index < -0.39 is 0 Å². The summed E-state index contributed by atoms with van der Waals surface area (Å²) >= 11 is 0. The van der Waals surface area contributed by atoms with Crippen LogP contribution in [0.5, 0.6) is 0 Å². The molecule has 0 aliphatic carbocycles. The number of hydrogen-bond acceptors (Lipinski definition) is 2. The van der Waals surface area contributed by atoms with Gasteiger partial charge in [0.15, 0.2) is 0 Å². The Kier molecular flexibility index (Phi) is 2.59. The van der Waals surface area contributed by atoms with Crippen LogP contribution in [0.4, 0.5) is 5.69 Å². The van der Waals surface area contributed by atoms with Gasteiger partial charge in [0, 0.05) is 31.2 Å². The van der Waals surface area contributed by atoms with Crippen molar-refractivity contribution in [3.63, 3.8) is 0 Å². The van der Waals surface area contributed by atoms with E-state index in [1.807, 2.05) is 12.5 Å². The van der Waals surface area contributed by atoms with Gasteiger partial charge in [0.05, 0.1) is 12.4 Å². The Morgan fingerprint density at radius 3 is 2.76 bits per heavy atom. The number of anilines is 1. The van der Waals surface area contributed by atoms with Crippen LogP contribution in [0.3, 0.4) is 0 Å². The fraction of sp³-hybridized carbons (Fsp3) is 0.357. The van der Waals surface area contributed by atoms with Crippen LogP contribution in [0.25, 0.3) is 0 Å². The average molecular weight is 227 g/mol. The number of aromatic nitrogens is 2. The van der Waals surface area contributed by atoms with Gasteiger partial charge in [-0.2, -0.15) is 0 Å². The van der Waals surface area contributed by atoms with Gasteiger partial charge in [-0.25, -0.2) is 4.98 Å². The van der Waals surface area contributed by atoms with Crippen LogP contribution in [0.2, 0.25) is 0 Å². The Morgan fingerprint density at radius 2 is 2.06 bits per heavy atom. The van der Waals surface area contributed by atoms with Crippen LogP contribution in [-0.4, -0.2) is 22.6 Å². The van der Waals surface area contributed by atoms with Gasteiger partial charge in [-0.05, 0) is 25.5 Å². The van der Waals surface area contributed by atoms with E-state index in [0.29, 0.717) is 6.04 Å². The summed E-state index contributed by atoms with van der Waals surface area (Å²) in [6.45, 7) is 4.34. The molecule has 3 nitrogen and oxygen atoms in total. The van der Waals surface area contributed by atoms with Crippen LogP contribution in [0.1, 0.15) is 18.0 Å². The summed E-state index contributed by atoms with van der Waals surface area (Å²) < 4.78 is 2.22. The molecule has 0 saturated carbocycles. The smallest absolute Gasteiger partial charge is 0.0949 e. The number of nitrogens with zero attached hydrogens (tertiary/aromatic N) is 3. The van der Waals surface area contributed by atoms with E-state index in [4.69, 9.17) is 0 Å². The molecule has 0 amide bonds. The largest absolute Gasteiger partial charge is 0.369 e. The lowest BCUT2D eigenvalue weighted by Crippen LogP contribution is -2.20. The molecule has 0 N–H and O–H groups in total. The summed E-state index contributed by atoms with van der Waals surface area (Å²) in [4.78, 5) is 6.57. The highest BCUT2D eigenvalue weighted by Gasteiger charge is 2.23. The molecule has 0 spiro atoms. The molecular formula is C14H17N3. The molecule has 1 aliphatic rings. The Bertz CT molecular complexity index is 473. The highest BCUT2D eigenvalue weighted by atomic mass is 15.2. The monoisotopic (exact) mass is 227 g/mol. The van der Waals surface area contributed by atoms with Crippen molar-refractivity contribution in [1.82, 2.24) is 9.55 Å². The molecular weight excluding hydrogens is 210 g/mol. The quantitative estimate of drug-likeness (QED) is 0.786. The van der Waals surface area contributed by atoms with Crippen LogP contribution >= 0.6 is 0 Å². The molecule has 17 heavy (non-hydrogen) atoms. The summed E-state index contributed by atoms with van der Waals surface area (Å²) in [5, 5.41) is 0. The molecule has 2 heterocycles. The van der Waals surface area contributed by atoms with Crippen molar-refractivity contribution in [1.29, 1.82) is 0 Å². The third-order valence-electron chi connectivity index (χ3n) is 3.51. The Morgan fingerprint density at radius 1 is 1.24 bits per heavy atom. The van der Waals surface area contributed by atoms with E-state index in [-0.39, 0.29) is 0 Å². The predicted molar refractivity (Wildman–Crippen MR) is 69.3 cm³/mol. The first kappa shape index (κ1) is 10.4. The summed E-state index contributed by atoms with van der Waals surface area (Å²) in [7, 11) is 0. The van der Waals surface area contributed by atoms with Crippen molar-refractivity contribution in [2.24, 2.45) is 0 Å². The summed E-state index contributed by atoms with van der Waals surface area (Å²) in [5.74, 6) is 0. The number of hydrogen-bond donors (Lipinski definition) is 0. The number of imidazole rings is 1. The normalized spacial score (nSPS) is 19.8. The van der Waals surface area contributed by atoms with Crippen molar-refractivity contribution in [3.05, 3.63) is 48.5 Å². The molecule has 1 aromatic carbocycles. The van der Waals surface area contributed by atoms with Gasteiger partial charge in [0.2, 0.25) is 0 Å². The first-order valence-corrected chi connectivity index (χ1v) is 6.12. The lowest BCUT2D eigenvalue weighted by Gasteiger charge is -2.19. The lowest BCUT2D eigenvalue weighted by atomic mass is 10.2. The molecule has 1 atom stereocenters. The Labute approximate surface area is 102 Å². The molecule has 1 unspecified atom stereocenters. The summed E-state index contributed by atoms with van der Waals surface area (Å²) in [6.07, 6.45) is 7.03. The molecule has 1 fully saturated rings. The van der Waals surface area contributed by atoms with Gasteiger partial charge >= 0.3 is 0 Å².